The molecule has 1 aromatic heterocycles. The molecule has 28 heavy (non-hydrogen) atoms. The fraction of sp³-hybridized carbons (Fsp3) is 0.600. The molecule has 0 aromatic carbocycles. The zero-order valence-electron chi connectivity index (χ0n) is 15.9. The highest BCUT2D eigenvalue weighted by Gasteiger charge is 2.76. The molecule has 8 heteroatoms. The molecule has 5 aliphatic rings. The lowest BCUT2D eigenvalue weighted by molar-refractivity contribution is -0.228. The third kappa shape index (κ3) is 2.23. The van der Waals surface area contributed by atoms with Gasteiger partial charge in [0.15, 0.2) is 11.6 Å². The molecular weight excluding hydrogens is 362 g/mol. The molecule has 148 valence electrons. The first kappa shape index (κ1) is 17.5. The summed E-state index contributed by atoms with van der Waals surface area (Å²) in [6.45, 7) is 2.96. The Morgan fingerprint density at radius 3 is 2.43 bits per heavy atom. The van der Waals surface area contributed by atoms with Gasteiger partial charge in [-0.15, -0.1) is 0 Å². The number of ether oxygens (including phenoxy) is 1. The molecular formula is C20H23N3O5. The minimum atomic E-state index is -0.418. The maximum atomic E-state index is 12.9. The number of hydrogen-bond donors (Lipinski definition) is 2. The van der Waals surface area contributed by atoms with E-state index in [0.29, 0.717) is 38.0 Å². The fourth-order valence-electron chi connectivity index (χ4n) is 5.71. The number of rotatable bonds is 4. The van der Waals surface area contributed by atoms with Crippen molar-refractivity contribution in [2.75, 3.05) is 25.5 Å². The van der Waals surface area contributed by atoms with E-state index in [1.54, 1.807) is 13.0 Å². The number of carbonyl (C=O) groups is 3. The molecule has 0 radical (unpaired) electrons. The summed E-state index contributed by atoms with van der Waals surface area (Å²) < 4.78 is 4.84. The Balaban J connectivity index is 1.16. The van der Waals surface area contributed by atoms with Gasteiger partial charge < -0.3 is 20.1 Å². The van der Waals surface area contributed by atoms with Crippen LogP contribution in [0.1, 0.15) is 25.0 Å². The molecule has 1 aliphatic heterocycles. The molecule has 1 unspecified atom stereocenters. The molecule has 2 heterocycles. The van der Waals surface area contributed by atoms with Gasteiger partial charge in [0.05, 0.1) is 17.9 Å². The van der Waals surface area contributed by atoms with Crippen molar-refractivity contribution in [2.24, 2.45) is 28.6 Å². The Labute approximate surface area is 162 Å². The van der Waals surface area contributed by atoms with Crippen LogP contribution < -0.4 is 5.32 Å². The number of esters is 1. The van der Waals surface area contributed by atoms with E-state index >= 15 is 0 Å². The van der Waals surface area contributed by atoms with Crippen LogP contribution in [0.2, 0.25) is 0 Å². The van der Waals surface area contributed by atoms with Crippen molar-refractivity contribution in [1.29, 1.82) is 0 Å². The molecule has 3 atom stereocenters. The number of hydrogen-bond acceptors (Lipinski definition) is 6. The van der Waals surface area contributed by atoms with Crippen LogP contribution in [0.5, 0.6) is 5.75 Å². The smallest absolute Gasteiger partial charge is 0.311 e. The number of methoxy groups -OCH3 is 1. The molecule has 0 spiro atoms. The predicted molar refractivity (Wildman–Crippen MR) is 97.1 cm³/mol. The van der Waals surface area contributed by atoms with Gasteiger partial charge in [-0.1, -0.05) is 0 Å². The molecule has 6 rings (SSSR count). The second kappa shape index (κ2) is 5.46. The number of likely N-dealkylation sites (tertiary alicyclic amines) is 1. The number of aromatic nitrogens is 1. The normalized spacial score (nSPS) is 36.6. The van der Waals surface area contributed by atoms with Crippen LogP contribution in [0.4, 0.5) is 5.82 Å². The number of nitrogens with zero attached hydrogens (tertiary/aromatic N) is 2. The Morgan fingerprint density at radius 1 is 1.18 bits per heavy atom. The molecule has 2 bridgehead atoms. The maximum Gasteiger partial charge on any atom is 0.311 e. The van der Waals surface area contributed by atoms with Crippen LogP contribution in [0.15, 0.2) is 12.1 Å². The molecule has 1 aromatic rings. The first-order valence-corrected chi connectivity index (χ1v) is 9.64. The Hall–Kier alpha value is -2.64. The van der Waals surface area contributed by atoms with E-state index in [9.17, 15) is 19.5 Å². The zero-order chi connectivity index (χ0) is 19.8. The zero-order valence-corrected chi connectivity index (χ0v) is 15.9. The summed E-state index contributed by atoms with van der Waals surface area (Å²) in [5, 5.41) is 12.6. The largest absolute Gasteiger partial charge is 0.504 e. The highest BCUT2D eigenvalue weighted by Crippen LogP contribution is 2.74. The Bertz CT molecular complexity index is 881. The lowest BCUT2D eigenvalue weighted by Crippen LogP contribution is -2.71. The number of piperidine rings is 1. The third-order valence-electron chi connectivity index (χ3n) is 7.14. The van der Waals surface area contributed by atoms with E-state index in [-0.39, 0.29) is 52.5 Å². The second-order valence-corrected chi connectivity index (χ2v) is 8.96. The number of anilines is 1. The number of amides is 2. The number of carbonyl (C=O) groups excluding carboxylic acids is 3. The van der Waals surface area contributed by atoms with Crippen LogP contribution in [0.3, 0.4) is 0 Å². The Kier molecular flexibility index (Phi) is 3.40. The van der Waals surface area contributed by atoms with Gasteiger partial charge in [-0.2, -0.15) is 0 Å². The van der Waals surface area contributed by atoms with Gasteiger partial charge >= 0.3 is 5.97 Å². The van der Waals surface area contributed by atoms with Crippen molar-refractivity contribution in [3.63, 3.8) is 0 Å². The van der Waals surface area contributed by atoms with Crippen molar-refractivity contribution >= 4 is 23.6 Å². The minimum absolute atomic E-state index is 0.0512. The Morgan fingerprint density at radius 2 is 1.82 bits per heavy atom. The van der Waals surface area contributed by atoms with E-state index in [4.69, 9.17) is 4.74 Å². The summed E-state index contributed by atoms with van der Waals surface area (Å²) in [5.74, 6) is 0.106. The van der Waals surface area contributed by atoms with Crippen molar-refractivity contribution in [3.8, 4) is 5.75 Å². The lowest BCUT2D eigenvalue weighted by atomic mass is 9.34. The predicted octanol–water partition coefficient (Wildman–Crippen LogP) is 1.08. The average Bonchev–Trinajstić information content (AvgIpc) is 3.09. The van der Waals surface area contributed by atoms with Crippen molar-refractivity contribution < 1.29 is 24.2 Å². The summed E-state index contributed by atoms with van der Waals surface area (Å²) in [6.07, 6.45) is 1.79. The van der Waals surface area contributed by atoms with Crippen LogP contribution >= 0.6 is 0 Å². The van der Waals surface area contributed by atoms with E-state index in [0.717, 1.165) is 0 Å². The summed E-state index contributed by atoms with van der Waals surface area (Å²) in [7, 11) is 1.39. The van der Waals surface area contributed by atoms with Crippen molar-refractivity contribution in [2.45, 2.75) is 26.2 Å². The SMILES string of the molecule is COC(=O)C12CC(C(=O)N3C[C@@H]4C(C(=O)Nc5nc(C)ccc5O)[C@@H]4C3)(C1)C2. The summed E-state index contributed by atoms with van der Waals surface area (Å²) >= 11 is 0. The van der Waals surface area contributed by atoms with Crippen LogP contribution in [0.25, 0.3) is 0 Å². The van der Waals surface area contributed by atoms with Gasteiger partial charge in [-0.05, 0) is 50.2 Å². The first-order chi connectivity index (χ1) is 13.3. The van der Waals surface area contributed by atoms with Gasteiger partial charge in [0.2, 0.25) is 11.8 Å². The first-order valence-electron chi connectivity index (χ1n) is 9.64. The minimum Gasteiger partial charge on any atom is -0.504 e. The topological polar surface area (TPSA) is 109 Å². The summed E-state index contributed by atoms with van der Waals surface area (Å²) in [5.41, 5.74) is -0.0812. The van der Waals surface area contributed by atoms with Gasteiger partial charge in [-0.3, -0.25) is 14.4 Å². The van der Waals surface area contributed by atoms with Crippen molar-refractivity contribution in [1.82, 2.24) is 9.88 Å². The number of pyridine rings is 1. The number of aryl methyl sites for hydroxylation is 1. The second-order valence-electron chi connectivity index (χ2n) is 8.96. The maximum absolute atomic E-state index is 12.9. The molecule has 1 saturated heterocycles. The van der Waals surface area contributed by atoms with E-state index in [1.165, 1.54) is 13.2 Å². The van der Waals surface area contributed by atoms with Crippen LogP contribution in [-0.4, -0.2) is 53.0 Å². The molecule has 5 fully saturated rings. The van der Waals surface area contributed by atoms with Gasteiger partial charge in [0, 0.05) is 24.7 Å². The number of aromatic hydroxyl groups is 1. The number of nitrogens with one attached hydrogen (secondary N) is 1. The molecule has 4 saturated carbocycles. The highest BCUT2D eigenvalue weighted by atomic mass is 16.5. The van der Waals surface area contributed by atoms with Crippen LogP contribution in [-0.2, 0) is 19.1 Å². The summed E-state index contributed by atoms with van der Waals surface area (Å²) in [4.78, 5) is 43.2. The molecule has 4 aliphatic carbocycles. The van der Waals surface area contributed by atoms with Crippen molar-refractivity contribution in [3.05, 3.63) is 17.8 Å². The van der Waals surface area contributed by atoms with Gasteiger partial charge in [-0.25, -0.2) is 4.98 Å². The average molecular weight is 385 g/mol. The summed E-state index contributed by atoms with van der Waals surface area (Å²) in [6, 6.07) is 3.19. The monoisotopic (exact) mass is 385 g/mol. The highest BCUT2D eigenvalue weighted by molar-refractivity contribution is 5.97. The van der Waals surface area contributed by atoms with Gasteiger partial charge in [0.1, 0.15) is 0 Å². The van der Waals surface area contributed by atoms with E-state index in [2.05, 4.69) is 10.3 Å². The molecule has 2 amide bonds. The van der Waals surface area contributed by atoms with E-state index in [1.807, 2.05) is 4.90 Å². The molecule has 2 N–H and O–H groups in total. The third-order valence-corrected chi connectivity index (χ3v) is 7.14. The standard InChI is InChI=1S/C20H23N3O5/c1-10-3-4-13(24)15(21-10)22-16(25)14-11-5-23(6-12(11)14)17(26)19-7-20(8-19,9-19)18(27)28-2/h3-4,11-12,14,24H,5-9H2,1-2H3,(H,21,22,25)/t11-,12+,14?,19?,20?. The van der Waals surface area contributed by atoms with Gasteiger partial charge in [0.25, 0.3) is 0 Å². The lowest BCUT2D eigenvalue weighted by Gasteiger charge is -2.67. The molecule has 8 nitrogen and oxygen atoms in total. The fourth-order valence-corrected chi connectivity index (χ4v) is 5.71. The quantitative estimate of drug-likeness (QED) is 0.751. The van der Waals surface area contributed by atoms with E-state index < -0.39 is 5.41 Å². The van der Waals surface area contributed by atoms with Crippen LogP contribution in [0, 0.1) is 35.5 Å². The number of fused-ring (bicyclic) bond motifs is 1.